The van der Waals surface area contributed by atoms with Crippen LogP contribution in [0, 0.1) is 0 Å². The standard InChI is InChI=1S/C18H22N2O8/c1-24-13-6-9(16(22)25-2)5-11-14(13)10(8-21)18(27-4)15-12(7-19(11)28-18)20(15)17(23)26-3/h5-6,10,12,15,21H,7-8H2,1-4H3/t10-,12+,15+,18-,20?/m0/s1. The number of amides is 1. The monoisotopic (exact) mass is 394 g/mol. The molecule has 1 N–H and O–H groups in total. The molecule has 0 aliphatic carbocycles. The van der Waals surface area contributed by atoms with E-state index in [-0.39, 0.29) is 18.2 Å². The van der Waals surface area contributed by atoms with Crippen LogP contribution in [-0.2, 0) is 19.0 Å². The van der Waals surface area contributed by atoms with Gasteiger partial charge in [0.05, 0.1) is 57.7 Å². The molecule has 152 valence electrons. The largest absolute Gasteiger partial charge is 0.496 e. The molecule has 10 nitrogen and oxygen atoms in total. The van der Waals surface area contributed by atoms with Crippen molar-refractivity contribution in [1.29, 1.82) is 0 Å². The lowest BCUT2D eigenvalue weighted by Crippen LogP contribution is -2.60. The van der Waals surface area contributed by atoms with Gasteiger partial charge >= 0.3 is 12.1 Å². The van der Waals surface area contributed by atoms with Crippen LogP contribution in [-0.4, -0.2) is 81.5 Å². The molecule has 4 atom stereocenters. The minimum absolute atomic E-state index is 0.212. The van der Waals surface area contributed by atoms with Crippen molar-refractivity contribution in [2.24, 2.45) is 0 Å². The van der Waals surface area contributed by atoms with E-state index in [1.165, 1.54) is 33.3 Å². The second kappa shape index (κ2) is 6.50. The van der Waals surface area contributed by atoms with Gasteiger partial charge in [0.1, 0.15) is 11.8 Å². The minimum Gasteiger partial charge on any atom is -0.496 e. The number of methoxy groups -OCH3 is 4. The number of carbonyl (C=O) groups is 2. The van der Waals surface area contributed by atoms with Gasteiger partial charge < -0.3 is 24.1 Å². The Morgan fingerprint density at radius 2 is 2.00 bits per heavy atom. The van der Waals surface area contributed by atoms with Gasteiger partial charge in [-0.05, 0) is 12.1 Å². The highest BCUT2D eigenvalue weighted by molar-refractivity contribution is 5.92. The van der Waals surface area contributed by atoms with Crippen molar-refractivity contribution < 1.29 is 38.5 Å². The number of hydrogen-bond acceptors (Lipinski definition) is 9. The van der Waals surface area contributed by atoms with Crippen LogP contribution in [0.3, 0.4) is 0 Å². The van der Waals surface area contributed by atoms with E-state index in [2.05, 4.69) is 0 Å². The first-order chi connectivity index (χ1) is 13.5. The van der Waals surface area contributed by atoms with Gasteiger partial charge in [0.2, 0.25) is 5.79 Å². The van der Waals surface area contributed by atoms with E-state index in [1.807, 2.05) is 0 Å². The number of hydrogen-bond donors (Lipinski definition) is 1. The van der Waals surface area contributed by atoms with Crippen LogP contribution in [0.25, 0.3) is 0 Å². The Kier molecular flexibility index (Phi) is 4.36. The van der Waals surface area contributed by atoms with Crippen LogP contribution in [0.1, 0.15) is 21.8 Å². The molecule has 0 aromatic heterocycles. The van der Waals surface area contributed by atoms with Crippen LogP contribution in [0.2, 0.25) is 0 Å². The Morgan fingerprint density at radius 3 is 2.57 bits per heavy atom. The molecule has 4 rings (SSSR count). The fraction of sp³-hybridized carbons (Fsp3) is 0.556. The summed E-state index contributed by atoms with van der Waals surface area (Å²) in [4.78, 5) is 31.9. The molecule has 1 aromatic carbocycles. The number of hydroxylamine groups is 1. The van der Waals surface area contributed by atoms with Gasteiger partial charge in [-0.1, -0.05) is 0 Å². The number of carbonyl (C=O) groups excluding carboxylic acids is 2. The molecular formula is C18H22N2O8. The maximum atomic E-state index is 12.2. The number of anilines is 1. The van der Waals surface area contributed by atoms with Crippen molar-refractivity contribution >= 4 is 17.7 Å². The van der Waals surface area contributed by atoms with Gasteiger partial charge in [-0.2, -0.15) is 0 Å². The summed E-state index contributed by atoms with van der Waals surface area (Å²) in [7, 11) is 5.55. The quantitative estimate of drug-likeness (QED) is 0.576. The molecule has 2 saturated heterocycles. The van der Waals surface area contributed by atoms with Gasteiger partial charge in [-0.15, -0.1) is 0 Å². The van der Waals surface area contributed by atoms with Crippen molar-refractivity contribution in [2.45, 2.75) is 23.8 Å². The molecular weight excluding hydrogens is 372 g/mol. The van der Waals surface area contributed by atoms with Crippen LogP contribution < -0.4 is 9.80 Å². The third kappa shape index (κ3) is 2.31. The molecule has 0 saturated carbocycles. The van der Waals surface area contributed by atoms with Gasteiger partial charge in [0.15, 0.2) is 0 Å². The number of rotatable bonds is 4. The van der Waals surface area contributed by atoms with Crippen LogP contribution >= 0.6 is 0 Å². The first-order valence-corrected chi connectivity index (χ1v) is 8.76. The fourth-order valence-electron chi connectivity index (χ4n) is 4.43. The van der Waals surface area contributed by atoms with Crippen molar-refractivity contribution in [1.82, 2.24) is 4.90 Å². The third-order valence-electron chi connectivity index (χ3n) is 5.70. The minimum atomic E-state index is -1.31. The third-order valence-corrected chi connectivity index (χ3v) is 5.70. The number of benzene rings is 1. The number of esters is 1. The number of fused-ring (bicyclic) bond motifs is 6. The molecule has 1 amide bonds. The second-order valence-electron chi connectivity index (χ2n) is 6.81. The van der Waals surface area contributed by atoms with Crippen molar-refractivity contribution in [2.75, 3.05) is 46.7 Å². The lowest BCUT2D eigenvalue weighted by atomic mass is 9.82. The number of ether oxygens (including phenoxy) is 4. The molecule has 3 heterocycles. The van der Waals surface area contributed by atoms with E-state index < -0.39 is 29.8 Å². The van der Waals surface area contributed by atoms with Gasteiger partial charge in [0, 0.05) is 12.7 Å². The molecule has 2 fully saturated rings. The van der Waals surface area contributed by atoms with Crippen molar-refractivity contribution in [3.63, 3.8) is 0 Å². The lowest BCUT2D eigenvalue weighted by molar-refractivity contribution is -0.266. The zero-order valence-electron chi connectivity index (χ0n) is 16.0. The summed E-state index contributed by atoms with van der Waals surface area (Å²) >= 11 is 0. The first-order valence-electron chi connectivity index (χ1n) is 8.76. The molecule has 1 aromatic rings. The summed E-state index contributed by atoms with van der Waals surface area (Å²) < 4.78 is 21.0. The van der Waals surface area contributed by atoms with E-state index in [4.69, 9.17) is 23.8 Å². The molecule has 3 aliphatic heterocycles. The molecule has 0 spiro atoms. The molecule has 2 bridgehead atoms. The average Bonchev–Trinajstić information content (AvgIpc) is 3.47. The highest BCUT2D eigenvalue weighted by Gasteiger charge is 2.73. The molecule has 10 heteroatoms. The zero-order valence-corrected chi connectivity index (χ0v) is 16.0. The van der Waals surface area contributed by atoms with Gasteiger partial charge in [0.25, 0.3) is 0 Å². The summed E-state index contributed by atoms with van der Waals surface area (Å²) in [5.74, 6) is -2.09. The fourth-order valence-corrected chi connectivity index (χ4v) is 4.43. The summed E-state index contributed by atoms with van der Waals surface area (Å²) in [5.41, 5.74) is 1.48. The van der Waals surface area contributed by atoms with Crippen LogP contribution in [0.5, 0.6) is 5.75 Å². The highest BCUT2D eigenvalue weighted by Crippen LogP contribution is 2.58. The summed E-state index contributed by atoms with van der Waals surface area (Å²) in [5, 5.41) is 11.8. The molecule has 3 aliphatic rings. The predicted molar refractivity (Wildman–Crippen MR) is 94.2 cm³/mol. The summed E-state index contributed by atoms with van der Waals surface area (Å²) in [6.07, 6.45) is -0.494. The number of nitrogens with zero attached hydrogens (tertiary/aromatic N) is 2. The average molecular weight is 394 g/mol. The molecule has 0 radical (unpaired) electrons. The van der Waals surface area contributed by atoms with E-state index >= 15 is 0 Å². The predicted octanol–water partition coefficient (Wildman–Crippen LogP) is 0.485. The maximum absolute atomic E-state index is 12.2. The van der Waals surface area contributed by atoms with Gasteiger partial charge in [-0.25, -0.2) is 19.5 Å². The highest BCUT2D eigenvalue weighted by atomic mass is 16.8. The Bertz CT molecular complexity index is 830. The number of aliphatic hydroxyl groups is 1. The SMILES string of the molecule is COC(=O)c1cc(OC)c2c(c1)N1C[C@@H]3[C@@H](N3C(=O)OC)[C@@](OC)(O1)[C@H]2CO. The second-order valence-corrected chi connectivity index (χ2v) is 6.81. The van der Waals surface area contributed by atoms with Crippen LogP contribution in [0.4, 0.5) is 10.5 Å². The summed E-state index contributed by atoms with van der Waals surface area (Å²) in [6.45, 7) is 0.0324. The topological polar surface area (TPSA) is 107 Å². The van der Waals surface area contributed by atoms with E-state index in [0.717, 1.165) is 0 Å². The van der Waals surface area contributed by atoms with Crippen molar-refractivity contribution in [3.05, 3.63) is 23.3 Å². The number of aliphatic hydroxyl groups excluding tert-OH is 1. The Balaban J connectivity index is 1.88. The first kappa shape index (κ1) is 18.8. The maximum Gasteiger partial charge on any atom is 0.410 e. The van der Waals surface area contributed by atoms with Crippen LogP contribution in [0.15, 0.2) is 12.1 Å². The Morgan fingerprint density at radius 1 is 1.25 bits per heavy atom. The van der Waals surface area contributed by atoms with E-state index in [9.17, 15) is 14.7 Å². The van der Waals surface area contributed by atoms with E-state index in [1.54, 1.807) is 17.2 Å². The smallest absolute Gasteiger partial charge is 0.410 e. The molecule has 28 heavy (non-hydrogen) atoms. The van der Waals surface area contributed by atoms with Gasteiger partial charge in [-0.3, -0.25) is 4.90 Å². The summed E-state index contributed by atoms with van der Waals surface area (Å²) in [6, 6.07) is 2.55. The normalized spacial score (nSPS) is 29.5. The Labute approximate surface area is 161 Å². The molecule has 0 unspecified atom stereocenters. The van der Waals surface area contributed by atoms with E-state index in [0.29, 0.717) is 23.5 Å². The zero-order chi connectivity index (χ0) is 20.2. The Hall–Kier alpha value is -2.56. The van der Waals surface area contributed by atoms with Crippen molar-refractivity contribution in [3.8, 4) is 5.75 Å². The lowest BCUT2D eigenvalue weighted by Gasteiger charge is -2.49.